The van der Waals surface area contributed by atoms with Crippen LogP contribution in [0.5, 0.6) is 0 Å². The fraction of sp³-hybridized carbons (Fsp3) is 0.556. The van der Waals surface area contributed by atoms with Crippen LogP contribution in [0.25, 0.3) is 0 Å². The van der Waals surface area contributed by atoms with Crippen LogP contribution in [-0.4, -0.2) is 38.8 Å². The summed E-state index contributed by atoms with van der Waals surface area (Å²) in [7, 11) is 0. The highest BCUT2D eigenvalue weighted by Crippen LogP contribution is 2.31. The van der Waals surface area contributed by atoms with Crippen LogP contribution in [0.15, 0.2) is 17.8 Å². The van der Waals surface area contributed by atoms with Crippen molar-refractivity contribution < 1.29 is 4.79 Å². The molecule has 0 aromatic carbocycles. The number of rotatable bonds is 5. The molecule has 6 nitrogen and oxygen atoms in total. The summed E-state index contributed by atoms with van der Waals surface area (Å²) in [5.74, 6) is 1.59. The number of hydrogen-bond donors (Lipinski definition) is 1. The number of thiazole rings is 1. The fourth-order valence-corrected chi connectivity index (χ4v) is 3.85. The Morgan fingerprint density at radius 1 is 1.40 bits per heavy atom. The summed E-state index contributed by atoms with van der Waals surface area (Å²) in [6.45, 7) is 7.70. The fourth-order valence-electron chi connectivity index (χ4n) is 3.16. The summed E-state index contributed by atoms with van der Waals surface area (Å²) < 4.78 is 0. The Morgan fingerprint density at radius 3 is 2.92 bits per heavy atom. The Morgan fingerprint density at radius 2 is 2.20 bits per heavy atom. The first-order valence-corrected chi connectivity index (χ1v) is 9.68. The molecule has 1 fully saturated rings. The first kappa shape index (κ1) is 17.8. The molecular weight excluding hydrogens is 334 g/mol. The molecule has 1 amide bonds. The van der Waals surface area contributed by atoms with Crippen LogP contribution in [0.1, 0.15) is 50.4 Å². The molecule has 134 valence electrons. The predicted molar refractivity (Wildman–Crippen MR) is 100 cm³/mol. The number of hydrogen-bond acceptors (Lipinski definition) is 6. The number of carbonyl (C=O) groups is 1. The van der Waals surface area contributed by atoms with Gasteiger partial charge in [0.15, 0.2) is 10.9 Å². The van der Waals surface area contributed by atoms with Crippen LogP contribution in [0, 0.1) is 12.8 Å². The minimum Gasteiger partial charge on any atom is -0.342 e. The predicted octanol–water partition coefficient (Wildman–Crippen LogP) is 3.74. The Kier molecular flexibility index (Phi) is 5.63. The number of likely N-dealkylation sites (tertiary alicyclic amines) is 1. The number of anilines is 2. The van der Waals surface area contributed by atoms with Crippen molar-refractivity contribution in [2.45, 2.75) is 46.0 Å². The third-order valence-corrected chi connectivity index (χ3v) is 5.19. The lowest BCUT2D eigenvalue weighted by Gasteiger charge is -2.33. The summed E-state index contributed by atoms with van der Waals surface area (Å²) in [5.41, 5.74) is 1.92. The van der Waals surface area contributed by atoms with Gasteiger partial charge in [0, 0.05) is 43.2 Å². The van der Waals surface area contributed by atoms with Crippen molar-refractivity contribution in [2.24, 2.45) is 5.92 Å². The van der Waals surface area contributed by atoms with Crippen molar-refractivity contribution in [3.63, 3.8) is 0 Å². The zero-order chi connectivity index (χ0) is 17.8. The molecule has 25 heavy (non-hydrogen) atoms. The van der Waals surface area contributed by atoms with Crippen LogP contribution in [0.3, 0.4) is 0 Å². The van der Waals surface area contributed by atoms with Crippen LogP contribution >= 0.6 is 11.3 Å². The van der Waals surface area contributed by atoms with E-state index in [1.54, 1.807) is 23.7 Å². The second kappa shape index (κ2) is 7.91. The topological polar surface area (TPSA) is 71.0 Å². The second-order valence-electron chi connectivity index (χ2n) is 6.99. The normalized spacial score (nSPS) is 17.8. The highest BCUT2D eigenvalue weighted by atomic mass is 32.1. The zero-order valence-corrected chi connectivity index (χ0v) is 15.8. The van der Waals surface area contributed by atoms with Gasteiger partial charge in [-0.05, 0) is 25.7 Å². The molecule has 0 bridgehead atoms. The van der Waals surface area contributed by atoms with Crippen LogP contribution in [0.4, 0.5) is 10.9 Å². The van der Waals surface area contributed by atoms with Gasteiger partial charge in [-0.2, -0.15) is 0 Å². The van der Waals surface area contributed by atoms with E-state index in [0.29, 0.717) is 12.3 Å². The third kappa shape index (κ3) is 4.54. The molecule has 1 N–H and O–H groups in total. The van der Waals surface area contributed by atoms with E-state index in [1.807, 2.05) is 17.2 Å². The average molecular weight is 359 g/mol. The molecule has 1 aliphatic heterocycles. The molecule has 3 rings (SSSR count). The van der Waals surface area contributed by atoms with E-state index in [1.165, 1.54) is 0 Å². The highest BCUT2D eigenvalue weighted by Gasteiger charge is 2.28. The molecule has 1 saturated heterocycles. The van der Waals surface area contributed by atoms with E-state index in [4.69, 9.17) is 0 Å². The van der Waals surface area contributed by atoms with Gasteiger partial charge in [0.1, 0.15) is 0 Å². The third-order valence-electron chi connectivity index (χ3n) is 4.31. The maximum atomic E-state index is 12.4. The number of aryl methyl sites for hydroxylation is 1. The summed E-state index contributed by atoms with van der Waals surface area (Å²) in [6, 6.07) is 0. The molecular formula is C18H25N5OS. The minimum atomic E-state index is 0.210. The van der Waals surface area contributed by atoms with Gasteiger partial charge in [-0.25, -0.2) is 9.97 Å². The maximum absolute atomic E-state index is 12.4. The van der Waals surface area contributed by atoms with E-state index in [0.717, 1.165) is 48.3 Å². The van der Waals surface area contributed by atoms with Crippen LogP contribution in [-0.2, 0) is 4.79 Å². The van der Waals surface area contributed by atoms with Gasteiger partial charge in [0.2, 0.25) is 5.91 Å². The van der Waals surface area contributed by atoms with Gasteiger partial charge in [-0.15, -0.1) is 11.3 Å². The Hall–Kier alpha value is -2.02. The molecule has 7 heteroatoms. The molecule has 2 aromatic heterocycles. The number of amides is 1. The monoisotopic (exact) mass is 359 g/mol. The molecule has 0 unspecified atom stereocenters. The van der Waals surface area contributed by atoms with Crippen molar-refractivity contribution in [3.8, 4) is 0 Å². The first-order valence-electron chi connectivity index (χ1n) is 8.80. The smallest absolute Gasteiger partial charge is 0.222 e. The van der Waals surface area contributed by atoms with Gasteiger partial charge < -0.3 is 10.2 Å². The standard InChI is InChI=1S/C18H25N5OS/c1-12(2)9-15(24)23-8-4-5-14(10-23)16-17(20-7-6-19-16)22-18-21-13(3)11-25-18/h6-7,11-12,14H,4-5,8-10H2,1-3H3,(H,20,21,22)/t14-/m1/s1. The maximum Gasteiger partial charge on any atom is 0.222 e. The van der Waals surface area contributed by atoms with Gasteiger partial charge in [0.05, 0.1) is 11.4 Å². The van der Waals surface area contributed by atoms with E-state index in [2.05, 4.69) is 34.1 Å². The van der Waals surface area contributed by atoms with Crippen molar-refractivity contribution in [1.29, 1.82) is 0 Å². The SMILES string of the molecule is Cc1csc(Nc2nccnc2[C@@H]2CCCN(C(=O)CC(C)C)C2)n1. The zero-order valence-electron chi connectivity index (χ0n) is 15.0. The van der Waals surface area contributed by atoms with Gasteiger partial charge in [-0.3, -0.25) is 9.78 Å². The summed E-state index contributed by atoms with van der Waals surface area (Å²) in [6.07, 6.45) is 6.05. The lowest BCUT2D eigenvalue weighted by molar-refractivity contribution is -0.133. The number of carbonyl (C=O) groups excluding carboxylic acids is 1. The van der Waals surface area contributed by atoms with Gasteiger partial charge in [0.25, 0.3) is 0 Å². The Bertz CT molecular complexity index is 730. The summed E-state index contributed by atoms with van der Waals surface area (Å²) in [4.78, 5) is 27.9. The molecule has 0 radical (unpaired) electrons. The van der Waals surface area contributed by atoms with E-state index in [-0.39, 0.29) is 11.8 Å². The van der Waals surface area contributed by atoms with Crippen LogP contribution in [0.2, 0.25) is 0 Å². The Labute approximate surface area is 152 Å². The number of aromatic nitrogens is 3. The molecule has 0 spiro atoms. The quantitative estimate of drug-likeness (QED) is 0.880. The Balaban J connectivity index is 1.75. The molecule has 0 saturated carbocycles. The summed E-state index contributed by atoms with van der Waals surface area (Å²) >= 11 is 1.56. The second-order valence-corrected chi connectivity index (χ2v) is 7.84. The number of nitrogens with zero attached hydrogens (tertiary/aromatic N) is 4. The largest absolute Gasteiger partial charge is 0.342 e. The molecule has 1 atom stereocenters. The van der Waals surface area contributed by atoms with Crippen molar-refractivity contribution in [3.05, 3.63) is 29.2 Å². The van der Waals surface area contributed by atoms with E-state index >= 15 is 0 Å². The lowest BCUT2D eigenvalue weighted by Crippen LogP contribution is -2.39. The van der Waals surface area contributed by atoms with Crippen LogP contribution < -0.4 is 5.32 Å². The summed E-state index contributed by atoms with van der Waals surface area (Å²) in [5, 5.41) is 6.12. The molecule has 3 heterocycles. The average Bonchev–Trinajstić information content (AvgIpc) is 3.00. The van der Waals surface area contributed by atoms with Crippen molar-refractivity contribution in [2.75, 3.05) is 18.4 Å². The van der Waals surface area contributed by atoms with Crippen molar-refractivity contribution in [1.82, 2.24) is 19.9 Å². The van der Waals surface area contributed by atoms with Gasteiger partial charge >= 0.3 is 0 Å². The first-order chi connectivity index (χ1) is 12.0. The number of piperidine rings is 1. The highest BCUT2D eigenvalue weighted by molar-refractivity contribution is 7.13. The van der Waals surface area contributed by atoms with E-state index in [9.17, 15) is 4.79 Å². The molecule has 1 aliphatic rings. The van der Waals surface area contributed by atoms with Crippen molar-refractivity contribution >= 4 is 28.2 Å². The van der Waals surface area contributed by atoms with Gasteiger partial charge in [-0.1, -0.05) is 13.8 Å². The minimum absolute atomic E-state index is 0.210. The molecule has 0 aliphatic carbocycles. The van der Waals surface area contributed by atoms with E-state index < -0.39 is 0 Å². The molecule has 2 aromatic rings. The number of nitrogens with one attached hydrogen (secondary N) is 1. The lowest BCUT2D eigenvalue weighted by atomic mass is 9.93.